The van der Waals surface area contributed by atoms with E-state index in [9.17, 15) is 25.5 Å². The van der Waals surface area contributed by atoms with Crippen molar-refractivity contribution < 1.29 is 30.3 Å². The second-order valence-corrected chi connectivity index (χ2v) is 7.03. The topological polar surface area (TPSA) is 110 Å². The van der Waals surface area contributed by atoms with E-state index >= 15 is 0 Å². The van der Waals surface area contributed by atoms with Crippen molar-refractivity contribution in [2.24, 2.45) is 11.8 Å². The van der Waals surface area contributed by atoms with Gasteiger partial charge in [0.1, 0.15) is 6.10 Å². The lowest BCUT2D eigenvalue weighted by Gasteiger charge is -2.47. The molecule has 0 bridgehead atoms. The molecule has 0 aromatic heterocycles. The number of aliphatic hydroxyl groups excluding tert-OH is 5. The van der Waals surface area contributed by atoms with E-state index in [4.69, 9.17) is 4.74 Å². The summed E-state index contributed by atoms with van der Waals surface area (Å²) in [6.45, 7) is 0. The van der Waals surface area contributed by atoms with Crippen LogP contribution in [0.5, 0.6) is 0 Å². The van der Waals surface area contributed by atoms with Crippen molar-refractivity contribution in [3.05, 3.63) is 0 Å². The number of ether oxygens (including phenoxy) is 1. The summed E-state index contributed by atoms with van der Waals surface area (Å²) >= 11 is 0. The molecule has 7 unspecified atom stereocenters. The van der Waals surface area contributed by atoms with E-state index in [2.05, 4.69) is 0 Å². The van der Waals surface area contributed by atoms with Crippen LogP contribution in [0.1, 0.15) is 38.5 Å². The monoisotopic (exact) mass is 302 g/mol. The number of aliphatic hydroxyl groups is 5. The van der Waals surface area contributed by atoms with Crippen molar-refractivity contribution in [2.45, 2.75) is 81.3 Å². The Morgan fingerprint density at radius 3 is 1.95 bits per heavy atom. The van der Waals surface area contributed by atoms with Crippen LogP contribution in [0.3, 0.4) is 0 Å². The molecular formula is C15H26O6. The van der Waals surface area contributed by atoms with E-state index in [1.807, 2.05) is 0 Å². The van der Waals surface area contributed by atoms with E-state index < -0.39 is 30.5 Å². The van der Waals surface area contributed by atoms with Gasteiger partial charge in [-0.15, -0.1) is 0 Å². The van der Waals surface area contributed by atoms with Gasteiger partial charge in [0.25, 0.3) is 0 Å². The average Bonchev–Trinajstić information content (AvgIpc) is 2.44. The molecule has 0 radical (unpaired) electrons. The minimum absolute atomic E-state index is 0.0525. The molecule has 6 heteroatoms. The van der Waals surface area contributed by atoms with Gasteiger partial charge in [-0.3, -0.25) is 0 Å². The Labute approximate surface area is 124 Å². The van der Waals surface area contributed by atoms with Gasteiger partial charge in [-0.05, 0) is 50.4 Å². The number of rotatable bonds is 1. The fourth-order valence-corrected chi connectivity index (χ4v) is 4.29. The fraction of sp³-hybridized carbons (Fsp3) is 1.00. The third kappa shape index (κ3) is 3.11. The highest BCUT2D eigenvalue weighted by Crippen LogP contribution is 2.41. The first-order valence-corrected chi connectivity index (χ1v) is 8.01. The second kappa shape index (κ2) is 6.10. The van der Waals surface area contributed by atoms with Gasteiger partial charge in [-0.25, -0.2) is 0 Å². The van der Waals surface area contributed by atoms with Gasteiger partial charge in [0, 0.05) is 0 Å². The van der Waals surface area contributed by atoms with Crippen LogP contribution in [0, 0.1) is 11.8 Å². The van der Waals surface area contributed by atoms with Crippen molar-refractivity contribution in [3.63, 3.8) is 0 Å². The molecule has 0 amide bonds. The lowest BCUT2D eigenvalue weighted by Crippen LogP contribution is -2.54. The number of hydrogen-bond donors (Lipinski definition) is 5. The van der Waals surface area contributed by atoms with Crippen LogP contribution in [0.15, 0.2) is 0 Å². The van der Waals surface area contributed by atoms with E-state index in [1.54, 1.807) is 0 Å². The zero-order valence-corrected chi connectivity index (χ0v) is 12.1. The predicted molar refractivity (Wildman–Crippen MR) is 73.4 cm³/mol. The maximum Gasteiger partial charge on any atom is 0.106 e. The SMILES string of the molecule is OC1CCC2CC(O)C(C3CC(O)C(O)C(O)C3)OC2C1. The van der Waals surface area contributed by atoms with Gasteiger partial charge in [-0.1, -0.05) is 0 Å². The maximum atomic E-state index is 10.4. The molecule has 7 atom stereocenters. The maximum absolute atomic E-state index is 10.4. The minimum Gasteiger partial charge on any atom is -0.393 e. The number of fused-ring (bicyclic) bond motifs is 1. The molecular weight excluding hydrogens is 276 g/mol. The largest absolute Gasteiger partial charge is 0.393 e. The highest BCUT2D eigenvalue weighted by molar-refractivity contribution is 4.96. The zero-order valence-electron chi connectivity index (χ0n) is 12.1. The van der Waals surface area contributed by atoms with Crippen molar-refractivity contribution in [2.75, 3.05) is 0 Å². The standard InChI is InChI=1S/C15H26O6/c16-9-2-1-7-3-12(19)15(21-13(7)6-9)8-4-10(17)14(20)11(18)5-8/h7-20H,1-6H2. The average molecular weight is 302 g/mol. The molecule has 3 fully saturated rings. The number of hydrogen-bond acceptors (Lipinski definition) is 6. The minimum atomic E-state index is -1.12. The summed E-state index contributed by atoms with van der Waals surface area (Å²) in [7, 11) is 0. The van der Waals surface area contributed by atoms with E-state index in [0.717, 1.165) is 12.8 Å². The Bertz CT molecular complexity index is 352. The summed E-state index contributed by atoms with van der Waals surface area (Å²) < 4.78 is 6.03. The van der Waals surface area contributed by atoms with Crippen LogP contribution in [0.2, 0.25) is 0 Å². The third-order valence-corrected chi connectivity index (χ3v) is 5.50. The van der Waals surface area contributed by atoms with Crippen molar-refractivity contribution in [1.82, 2.24) is 0 Å². The smallest absolute Gasteiger partial charge is 0.106 e. The van der Waals surface area contributed by atoms with Gasteiger partial charge < -0.3 is 30.3 Å². The summed E-state index contributed by atoms with van der Waals surface area (Å²) in [5.41, 5.74) is 0. The molecule has 21 heavy (non-hydrogen) atoms. The Kier molecular flexibility index (Phi) is 4.55. The molecule has 6 nitrogen and oxygen atoms in total. The molecule has 1 aliphatic heterocycles. The first kappa shape index (κ1) is 15.6. The summed E-state index contributed by atoms with van der Waals surface area (Å²) in [6.07, 6.45) is -1.02. The van der Waals surface area contributed by atoms with Crippen LogP contribution < -0.4 is 0 Å². The Morgan fingerprint density at radius 2 is 1.29 bits per heavy atom. The predicted octanol–water partition coefficient (Wildman–Crippen LogP) is -0.842. The molecule has 0 spiro atoms. The Balaban J connectivity index is 1.67. The fourth-order valence-electron chi connectivity index (χ4n) is 4.29. The van der Waals surface area contributed by atoms with Gasteiger partial charge in [0.15, 0.2) is 0 Å². The van der Waals surface area contributed by atoms with Gasteiger partial charge in [0.2, 0.25) is 0 Å². The summed E-state index contributed by atoms with van der Waals surface area (Å²) in [4.78, 5) is 0. The van der Waals surface area contributed by atoms with Crippen LogP contribution in [0.25, 0.3) is 0 Å². The van der Waals surface area contributed by atoms with Crippen molar-refractivity contribution in [1.29, 1.82) is 0 Å². The van der Waals surface area contributed by atoms with Gasteiger partial charge >= 0.3 is 0 Å². The van der Waals surface area contributed by atoms with Crippen LogP contribution >= 0.6 is 0 Å². The molecule has 3 aliphatic rings. The van der Waals surface area contributed by atoms with E-state index in [-0.39, 0.29) is 24.0 Å². The van der Waals surface area contributed by atoms with Crippen molar-refractivity contribution >= 4 is 0 Å². The molecule has 2 saturated carbocycles. The van der Waals surface area contributed by atoms with Gasteiger partial charge in [0.05, 0.1) is 36.6 Å². The lowest BCUT2D eigenvalue weighted by molar-refractivity contribution is -0.204. The van der Waals surface area contributed by atoms with Crippen LogP contribution in [-0.4, -0.2) is 68.3 Å². The molecule has 0 aromatic rings. The normalized spacial score (nSPS) is 55.0. The van der Waals surface area contributed by atoms with Crippen LogP contribution in [0.4, 0.5) is 0 Å². The highest BCUT2D eigenvalue weighted by atomic mass is 16.5. The molecule has 5 N–H and O–H groups in total. The first-order valence-electron chi connectivity index (χ1n) is 8.01. The molecule has 1 heterocycles. The summed E-state index contributed by atoms with van der Waals surface area (Å²) in [5, 5.41) is 49.4. The molecule has 0 aromatic carbocycles. The van der Waals surface area contributed by atoms with Gasteiger partial charge in [-0.2, -0.15) is 0 Å². The highest BCUT2D eigenvalue weighted by Gasteiger charge is 2.46. The molecule has 1 saturated heterocycles. The second-order valence-electron chi connectivity index (χ2n) is 7.03. The zero-order chi connectivity index (χ0) is 15.1. The molecule has 2 aliphatic carbocycles. The summed E-state index contributed by atoms with van der Waals surface area (Å²) in [6, 6.07) is 0. The lowest BCUT2D eigenvalue weighted by atomic mass is 9.73. The van der Waals surface area contributed by atoms with E-state index in [1.165, 1.54) is 0 Å². The summed E-state index contributed by atoms with van der Waals surface area (Å²) in [5.74, 6) is 0.108. The Hall–Kier alpha value is -0.240. The molecule has 3 rings (SSSR count). The first-order chi connectivity index (χ1) is 9.95. The van der Waals surface area contributed by atoms with E-state index in [0.29, 0.717) is 25.7 Å². The third-order valence-electron chi connectivity index (χ3n) is 5.50. The quantitative estimate of drug-likeness (QED) is 0.432. The molecule has 122 valence electrons. The Morgan fingerprint density at radius 1 is 0.667 bits per heavy atom. The van der Waals surface area contributed by atoms with Crippen molar-refractivity contribution in [3.8, 4) is 0 Å². The van der Waals surface area contributed by atoms with Crippen LogP contribution in [-0.2, 0) is 4.74 Å².